The van der Waals surface area contributed by atoms with E-state index < -0.39 is 11.7 Å². The minimum atomic E-state index is -0.498. The van der Waals surface area contributed by atoms with Crippen LogP contribution in [0.25, 0.3) is 0 Å². The molecule has 0 heterocycles. The molecule has 1 aromatic rings. The second-order valence-electron chi connectivity index (χ2n) is 6.38. The molecule has 0 aliphatic rings. The highest BCUT2D eigenvalue weighted by Gasteiger charge is 2.15. The Morgan fingerprint density at radius 1 is 1.35 bits per heavy atom. The lowest BCUT2D eigenvalue weighted by Gasteiger charge is -2.21. The molecule has 0 radical (unpaired) electrons. The van der Waals surface area contributed by atoms with E-state index >= 15 is 0 Å². The van der Waals surface area contributed by atoms with Crippen molar-refractivity contribution in [3.63, 3.8) is 0 Å². The molecule has 0 aliphatic carbocycles. The number of carbonyl (C=O) groups is 1. The largest absolute Gasteiger partial charge is 0.444 e. The average molecular weight is 326 g/mol. The molecule has 0 aromatic heterocycles. The number of benzene rings is 1. The molecule has 1 unspecified atom stereocenters. The van der Waals surface area contributed by atoms with Gasteiger partial charge in [-0.05, 0) is 51.8 Å². The van der Waals surface area contributed by atoms with Crippen LogP contribution < -0.4 is 10.6 Å². The van der Waals surface area contributed by atoms with Gasteiger partial charge in [0.1, 0.15) is 11.4 Å². The Balaban J connectivity index is 2.35. The predicted octanol–water partition coefficient (Wildman–Crippen LogP) is 3.56. The first-order valence-corrected chi connectivity index (χ1v) is 7.78. The van der Waals surface area contributed by atoms with Crippen LogP contribution in [0.5, 0.6) is 0 Å². The number of amides is 1. The Kier molecular flexibility index (Phi) is 7.81. The van der Waals surface area contributed by atoms with Crippen LogP contribution in [-0.2, 0) is 9.47 Å². The number of methoxy groups -OCH3 is 1. The fourth-order valence-corrected chi connectivity index (χ4v) is 2.07. The number of halogens is 1. The highest BCUT2D eigenvalue weighted by molar-refractivity contribution is 5.67. The van der Waals surface area contributed by atoms with Crippen LogP contribution in [0.3, 0.4) is 0 Å². The molecule has 0 fully saturated rings. The zero-order chi connectivity index (χ0) is 17.3. The summed E-state index contributed by atoms with van der Waals surface area (Å²) in [6.07, 6.45) is 1.12. The van der Waals surface area contributed by atoms with Gasteiger partial charge in [-0.15, -0.1) is 0 Å². The molecular weight excluding hydrogens is 299 g/mol. The second kappa shape index (κ2) is 9.35. The number of hydrogen-bond acceptors (Lipinski definition) is 4. The highest BCUT2D eigenvalue weighted by atomic mass is 19.1. The maximum absolute atomic E-state index is 13.2. The molecule has 0 saturated carbocycles. The summed E-state index contributed by atoms with van der Waals surface area (Å²) in [4.78, 5) is 11.5. The summed E-state index contributed by atoms with van der Waals surface area (Å²) in [6.45, 7) is 6.49. The fraction of sp³-hybridized carbons (Fsp3) is 0.588. The topological polar surface area (TPSA) is 59.6 Å². The van der Waals surface area contributed by atoms with Gasteiger partial charge < -0.3 is 20.1 Å². The Labute approximate surface area is 137 Å². The maximum Gasteiger partial charge on any atom is 0.407 e. The number of carbonyl (C=O) groups excluding carboxylic acids is 1. The van der Waals surface area contributed by atoms with Crippen molar-refractivity contribution in [3.8, 4) is 0 Å². The van der Waals surface area contributed by atoms with Gasteiger partial charge >= 0.3 is 6.09 Å². The van der Waals surface area contributed by atoms with E-state index in [2.05, 4.69) is 10.6 Å². The molecule has 5 nitrogen and oxygen atoms in total. The molecule has 23 heavy (non-hydrogen) atoms. The normalized spacial score (nSPS) is 12.6. The first kappa shape index (κ1) is 19.2. The molecular formula is C17H27FN2O3. The number of rotatable bonds is 8. The summed E-state index contributed by atoms with van der Waals surface area (Å²) in [7, 11) is 1.62. The van der Waals surface area contributed by atoms with E-state index in [0.29, 0.717) is 18.8 Å². The van der Waals surface area contributed by atoms with Gasteiger partial charge in [0.05, 0.1) is 6.61 Å². The Bertz CT molecular complexity index is 489. The lowest BCUT2D eigenvalue weighted by molar-refractivity contribution is 0.0526. The van der Waals surface area contributed by atoms with Crippen LogP contribution >= 0.6 is 0 Å². The van der Waals surface area contributed by atoms with E-state index in [4.69, 9.17) is 9.47 Å². The molecule has 6 heteroatoms. The third-order valence-corrected chi connectivity index (χ3v) is 2.96. The Morgan fingerprint density at radius 2 is 2.09 bits per heavy atom. The smallest absolute Gasteiger partial charge is 0.407 e. The van der Waals surface area contributed by atoms with E-state index in [1.54, 1.807) is 13.2 Å². The quantitative estimate of drug-likeness (QED) is 0.717. The van der Waals surface area contributed by atoms with Gasteiger partial charge in [0.2, 0.25) is 0 Å². The lowest BCUT2D eigenvalue weighted by Crippen LogP contribution is -2.33. The molecule has 1 rings (SSSR count). The van der Waals surface area contributed by atoms with Gasteiger partial charge in [0.15, 0.2) is 0 Å². The predicted molar refractivity (Wildman–Crippen MR) is 89.2 cm³/mol. The van der Waals surface area contributed by atoms with E-state index in [0.717, 1.165) is 12.8 Å². The molecule has 0 spiro atoms. The van der Waals surface area contributed by atoms with Crippen molar-refractivity contribution in [1.29, 1.82) is 0 Å². The van der Waals surface area contributed by atoms with Crippen molar-refractivity contribution in [2.75, 3.05) is 25.6 Å². The Hall–Kier alpha value is -1.82. The molecule has 1 atom stereocenters. The van der Waals surface area contributed by atoms with Gasteiger partial charge in [-0.2, -0.15) is 0 Å². The van der Waals surface area contributed by atoms with Crippen molar-refractivity contribution < 1.29 is 18.7 Å². The van der Waals surface area contributed by atoms with Crippen molar-refractivity contribution in [3.05, 3.63) is 30.1 Å². The number of alkyl carbamates (subject to hydrolysis) is 1. The molecule has 130 valence electrons. The second-order valence-corrected chi connectivity index (χ2v) is 6.38. The summed E-state index contributed by atoms with van der Waals surface area (Å²) in [5.41, 5.74) is 0.217. The minimum absolute atomic E-state index is 0.0437. The van der Waals surface area contributed by atoms with E-state index in [9.17, 15) is 9.18 Å². The number of hydrogen-bond donors (Lipinski definition) is 2. The highest BCUT2D eigenvalue weighted by Crippen LogP contribution is 2.13. The van der Waals surface area contributed by atoms with Crippen molar-refractivity contribution in [2.24, 2.45) is 0 Å². The fourth-order valence-electron chi connectivity index (χ4n) is 2.07. The van der Waals surface area contributed by atoms with Gasteiger partial charge in [0.25, 0.3) is 0 Å². The third-order valence-electron chi connectivity index (χ3n) is 2.96. The van der Waals surface area contributed by atoms with Gasteiger partial charge in [-0.3, -0.25) is 0 Å². The molecule has 0 bridgehead atoms. The van der Waals surface area contributed by atoms with Gasteiger partial charge in [0, 0.05) is 25.4 Å². The Morgan fingerprint density at radius 3 is 2.70 bits per heavy atom. The SMILES string of the molecule is COCC(CCCNC(=O)OC(C)(C)C)Nc1cccc(F)c1. The van der Waals surface area contributed by atoms with Crippen LogP contribution in [0.4, 0.5) is 14.9 Å². The molecule has 1 amide bonds. The van der Waals surface area contributed by atoms with Crippen LogP contribution in [0, 0.1) is 5.82 Å². The summed E-state index contributed by atoms with van der Waals surface area (Å²) in [5, 5.41) is 5.96. The minimum Gasteiger partial charge on any atom is -0.444 e. The van der Waals surface area contributed by atoms with Crippen molar-refractivity contribution in [2.45, 2.75) is 45.3 Å². The van der Waals surface area contributed by atoms with Gasteiger partial charge in [-0.1, -0.05) is 6.07 Å². The van der Waals surface area contributed by atoms with Crippen LogP contribution in [0.1, 0.15) is 33.6 Å². The van der Waals surface area contributed by atoms with E-state index in [1.807, 2.05) is 26.8 Å². The van der Waals surface area contributed by atoms with Crippen molar-refractivity contribution >= 4 is 11.8 Å². The van der Waals surface area contributed by atoms with Crippen LogP contribution in [0.2, 0.25) is 0 Å². The number of anilines is 1. The average Bonchev–Trinajstić information content (AvgIpc) is 2.42. The van der Waals surface area contributed by atoms with E-state index in [1.165, 1.54) is 12.1 Å². The zero-order valence-corrected chi connectivity index (χ0v) is 14.3. The zero-order valence-electron chi connectivity index (χ0n) is 14.3. The molecule has 2 N–H and O–H groups in total. The molecule has 1 aromatic carbocycles. The molecule has 0 aliphatic heterocycles. The lowest BCUT2D eigenvalue weighted by atomic mass is 10.1. The maximum atomic E-state index is 13.2. The number of nitrogens with one attached hydrogen (secondary N) is 2. The first-order valence-electron chi connectivity index (χ1n) is 7.78. The van der Waals surface area contributed by atoms with Crippen molar-refractivity contribution in [1.82, 2.24) is 5.32 Å². The monoisotopic (exact) mass is 326 g/mol. The van der Waals surface area contributed by atoms with Crippen LogP contribution in [0.15, 0.2) is 24.3 Å². The summed E-state index contributed by atoms with van der Waals surface area (Å²) < 4.78 is 23.6. The van der Waals surface area contributed by atoms with E-state index in [-0.39, 0.29) is 11.9 Å². The summed E-state index contributed by atoms with van der Waals surface area (Å²) in [5.74, 6) is -0.280. The summed E-state index contributed by atoms with van der Waals surface area (Å²) >= 11 is 0. The first-order chi connectivity index (χ1) is 10.8. The standard InChI is InChI=1S/C17H27FN2O3/c1-17(2,3)23-16(21)19-10-6-9-15(12-22-4)20-14-8-5-7-13(18)11-14/h5,7-8,11,15,20H,6,9-10,12H2,1-4H3,(H,19,21). The van der Waals surface area contributed by atoms with Crippen LogP contribution in [-0.4, -0.2) is 38.0 Å². The molecule has 0 saturated heterocycles. The summed E-state index contributed by atoms with van der Waals surface area (Å²) in [6, 6.07) is 6.36. The van der Waals surface area contributed by atoms with Gasteiger partial charge in [-0.25, -0.2) is 9.18 Å². The number of ether oxygens (including phenoxy) is 2. The third kappa shape index (κ3) is 9.03.